The molecule has 2 rings (SSSR count). The minimum atomic E-state index is -1.18. The van der Waals surface area contributed by atoms with Gasteiger partial charge in [0.15, 0.2) is 11.5 Å². The number of nitrogen functional groups attached to an aromatic ring is 1. The maximum atomic E-state index is 14.0. The maximum absolute atomic E-state index is 14.0. The first-order valence-electron chi connectivity index (χ1n) is 5.38. The highest BCUT2D eigenvalue weighted by molar-refractivity contribution is 5.76. The Balaban J connectivity index is 2.57. The van der Waals surface area contributed by atoms with Crippen molar-refractivity contribution in [1.82, 2.24) is 0 Å². The number of hydrogen-bond donors (Lipinski definition) is 1. The molecule has 0 bridgehead atoms. The number of carbonyl (C=O) groups excluding carboxylic acids is 1. The fourth-order valence-corrected chi connectivity index (χ4v) is 2.30. The lowest BCUT2D eigenvalue weighted by molar-refractivity contribution is -0.386. The Kier molecular flexibility index (Phi) is 3.09. The molecule has 0 saturated carbocycles. The van der Waals surface area contributed by atoms with E-state index >= 15 is 0 Å². The minimum absolute atomic E-state index is 0.0764. The zero-order valence-corrected chi connectivity index (χ0v) is 9.91. The van der Waals surface area contributed by atoms with Crippen molar-refractivity contribution >= 4 is 17.3 Å². The topological polar surface area (TPSA) is 95.5 Å². The first kappa shape index (κ1) is 13.2. The van der Waals surface area contributed by atoms with Crippen molar-refractivity contribution < 1.29 is 23.2 Å². The van der Waals surface area contributed by atoms with Crippen molar-refractivity contribution in [2.24, 2.45) is 5.92 Å². The molecule has 1 atom stereocenters. The Morgan fingerprint density at radius 3 is 2.37 bits per heavy atom. The second kappa shape index (κ2) is 4.45. The number of carbonyl (C=O) groups is 1. The van der Waals surface area contributed by atoms with Crippen molar-refractivity contribution in [3.8, 4) is 0 Å². The van der Waals surface area contributed by atoms with Crippen LogP contribution in [0.1, 0.15) is 11.1 Å². The Hall–Kier alpha value is -2.25. The molecule has 102 valence electrons. The number of nitro benzene ring substituents is 1. The van der Waals surface area contributed by atoms with E-state index in [-0.39, 0.29) is 24.0 Å². The molecule has 6 nitrogen and oxygen atoms in total. The predicted octanol–water partition coefficient (Wildman–Crippen LogP) is 1.34. The molecule has 0 heterocycles. The molecule has 1 aliphatic carbocycles. The van der Waals surface area contributed by atoms with Crippen molar-refractivity contribution in [1.29, 1.82) is 0 Å². The lowest BCUT2D eigenvalue weighted by atomic mass is 10.1. The smallest absolute Gasteiger partial charge is 0.330 e. The van der Waals surface area contributed by atoms with E-state index in [1.54, 1.807) is 0 Å². The summed E-state index contributed by atoms with van der Waals surface area (Å²) in [5, 5.41) is 10.7. The van der Waals surface area contributed by atoms with Crippen LogP contribution in [0.15, 0.2) is 0 Å². The van der Waals surface area contributed by atoms with Crippen molar-refractivity contribution in [3.05, 3.63) is 32.9 Å². The largest absolute Gasteiger partial charge is 0.469 e. The van der Waals surface area contributed by atoms with Gasteiger partial charge < -0.3 is 10.5 Å². The van der Waals surface area contributed by atoms with Crippen LogP contribution in [0.25, 0.3) is 0 Å². The molecule has 1 aliphatic rings. The standard InChI is InChI=1S/C11H10F2N2O4/c1-19-11(16)4-2-5-6(3-4)8(13)10(15(17)18)9(14)7(5)12/h4H,2-3,14H2,1H3. The number of nitrogens with zero attached hydrogens (tertiary/aromatic N) is 1. The molecule has 1 aromatic rings. The van der Waals surface area contributed by atoms with Crippen LogP contribution in [0.2, 0.25) is 0 Å². The molecular formula is C11H10F2N2O4. The van der Waals surface area contributed by atoms with Crippen LogP contribution in [0.4, 0.5) is 20.2 Å². The minimum Gasteiger partial charge on any atom is -0.469 e. The summed E-state index contributed by atoms with van der Waals surface area (Å²) in [6, 6.07) is 0. The number of anilines is 1. The maximum Gasteiger partial charge on any atom is 0.330 e. The number of nitro groups is 1. The summed E-state index contributed by atoms with van der Waals surface area (Å²) in [7, 11) is 1.16. The normalized spacial score (nSPS) is 17.1. The average Bonchev–Trinajstić information content (AvgIpc) is 2.80. The van der Waals surface area contributed by atoms with E-state index in [1.807, 2.05) is 0 Å². The highest BCUT2D eigenvalue weighted by Crippen LogP contribution is 2.40. The lowest BCUT2D eigenvalue weighted by Gasteiger charge is -2.06. The van der Waals surface area contributed by atoms with Crippen LogP contribution >= 0.6 is 0 Å². The molecule has 0 saturated heterocycles. The highest BCUT2D eigenvalue weighted by atomic mass is 19.1. The van der Waals surface area contributed by atoms with Crippen LogP contribution in [0.3, 0.4) is 0 Å². The van der Waals surface area contributed by atoms with Gasteiger partial charge in [-0.1, -0.05) is 0 Å². The molecule has 19 heavy (non-hydrogen) atoms. The van der Waals surface area contributed by atoms with Gasteiger partial charge in [-0.15, -0.1) is 0 Å². The molecular weight excluding hydrogens is 262 g/mol. The van der Waals surface area contributed by atoms with E-state index in [0.29, 0.717) is 0 Å². The van der Waals surface area contributed by atoms with Gasteiger partial charge in [0.05, 0.1) is 18.0 Å². The number of fused-ring (bicyclic) bond motifs is 1. The molecule has 1 aromatic carbocycles. The number of rotatable bonds is 2. The fraction of sp³-hybridized carbons (Fsp3) is 0.364. The number of halogens is 2. The van der Waals surface area contributed by atoms with E-state index in [0.717, 1.165) is 7.11 Å². The first-order chi connectivity index (χ1) is 8.88. The van der Waals surface area contributed by atoms with Crippen molar-refractivity contribution in [2.45, 2.75) is 12.8 Å². The van der Waals surface area contributed by atoms with Crippen LogP contribution in [0, 0.1) is 27.7 Å². The third kappa shape index (κ3) is 1.88. The summed E-state index contributed by atoms with van der Waals surface area (Å²) in [5.74, 6) is -3.57. The number of benzene rings is 1. The van der Waals surface area contributed by atoms with Crippen LogP contribution < -0.4 is 5.73 Å². The molecule has 8 heteroatoms. The number of methoxy groups -OCH3 is 1. The van der Waals surface area contributed by atoms with Gasteiger partial charge in [0, 0.05) is 5.56 Å². The van der Waals surface area contributed by atoms with Gasteiger partial charge in [-0.25, -0.2) is 4.39 Å². The molecule has 0 fully saturated rings. The van der Waals surface area contributed by atoms with Gasteiger partial charge >= 0.3 is 11.7 Å². The summed E-state index contributed by atoms with van der Waals surface area (Å²) in [6.07, 6.45) is -0.209. The second-order valence-electron chi connectivity index (χ2n) is 4.23. The van der Waals surface area contributed by atoms with Gasteiger partial charge in [0.25, 0.3) is 0 Å². The lowest BCUT2D eigenvalue weighted by Crippen LogP contribution is -2.16. The second-order valence-corrected chi connectivity index (χ2v) is 4.23. The number of esters is 1. The number of hydrogen-bond acceptors (Lipinski definition) is 5. The van der Waals surface area contributed by atoms with Gasteiger partial charge in [-0.05, 0) is 18.4 Å². The summed E-state index contributed by atoms with van der Waals surface area (Å²) >= 11 is 0. The third-order valence-corrected chi connectivity index (χ3v) is 3.21. The van der Waals surface area contributed by atoms with Crippen LogP contribution in [-0.4, -0.2) is 18.0 Å². The molecule has 0 radical (unpaired) electrons. The molecule has 1 unspecified atom stereocenters. The van der Waals surface area contributed by atoms with E-state index in [4.69, 9.17) is 5.73 Å². The fourth-order valence-electron chi connectivity index (χ4n) is 2.30. The van der Waals surface area contributed by atoms with Crippen molar-refractivity contribution in [3.63, 3.8) is 0 Å². The Morgan fingerprint density at radius 1 is 1.37 bits per heavy atom. The van der Waals surface area contributed by atoms with E-state index in [9.17, 15) is 23.7 Å². The number of nitrogens with two attached hydrogens (primary N) is 1. The molecule has 0 aliphatic heterocycles. The summed E-state index contributed by atoms with van der Waals surface area (Å²) in [4.78, 5) is 21.0. The molecule has 0 aromatic heterocycles. The van der Waals surface area contributed by atoms with Gasteiger partial charge in [0.1, 0.15) is 0 Å². The van der Waals surface area contributed by atoms with E-state index in [1.165, 1.54) is 0 Å². The third-order valence-electron chi connectivity index (χ3n) is 3.21. The van der Waals surface area contributed by atoms with Crippen LogP contribution in [-0.2, 0) is 22.4 Å². The van der Waals surface area contributed by atoms with E-state index in [2.05, 4.69) is 4.74 Å². The Morgan fingerprint density at radius 2 is 1.89 bits per heavy atom. The summed E-state index contributed by atoms with van der Waals surface area (Å²) in [5.41, 5.74) is 3.06. The highest BCUT2D eigenvalue weighted by Gasteiger charge is 2.38. The summed E-state index contributed by atoms with van der Waals surface area (Å²) < 4.78 is 32.4. The van der Waals surface area contributed by atoms with Gasteiger partial charge in [0.2, 0.25) is 5.82 Å². The zero-order valence-electron chi connectivity index (χ0n) is 9.91. The summed E-state index contributed by atoms with van der Waals surface area (Å²) in [6.45, 7) is 0. The SMILES string of the molecule is COC(=O)C1Cc2c(F)c(N)c([N+](=O)[O-])c(F)c2C1. The zero-order chi connectivity index (χ0) is 14.3. The average molecular weight is 272 g/mol. The monoisotopic (exact) mass is 272 g/mol. The molecule has 0 amide bonds. The Labute approximate surface area is 106 Å². The van der Waals surface area contributed by atoms with Gasteiger partial charge in [-0.2, -0.15) is 4.39 Å². The Bertz CT molecular complexity index is 589. The van der Waals surface area contributed by atoms with E-state index < -0.39 is 39.8 Å². The van der Waals surface area contributed by atoms with Crippen molar-refractivity contribution in [2.75, 3.05) is 12.8 Å². The molecule has 0 spiro atoms. The van der Waals surface area contributed by atoms with Crippen LogP contribution in [0.5, 0.6) is 0 Å². The first-order valence-corrected chi connectivity index (χ1v) is 5.38. The predicted molar refractivity (Wildman–Crippen MR) is 60.3 cm³/mol. The quantitative estimate of drug-likeness (QED) is 0.379. The van der Waals surface area contributed by atoms with Gasteiger partial charge in [-0.3, -0.25) is 14.9 Å². The number of ether oxygens (including phenoxy) is 1. The molecule has 2 N–H and O–H groups in total.